The molecule has 0 saturated heterocycles. The molecule has 1 aliphatic heterocycles. The number of nitrogens with one attached hydrogen (secondary N) is 1. The molecule has 1 aliphatic rings. The van der Waals surface area contributed by atoms with Crippen LogP contribution in [0.3, 0.4) is 0 Å². The SMILES string of the molecule is O=S1(=O)N=C(CF)Nc2ccccc21. The van der Waals surface area contributed by atoms with Crippen LogP contribution < -0.4 is 5.32 Å². The van der Waals surface area contributed by atoms with Gasteiger partial charge in [-0.2, -0.15) is 8.42 Å². The smallest absolute Gasteiger partial charge is 0.286 e. The second-order valence-electron chi connectivity index (χ2n) is 2.77. The van der Waals surface area contributed by atoms with E-state index in [2.05, 4.69) is 9.71 Å². The van der Waals surface area contributed by atoms with Crippen LogP contribution in [0.4, 0.5) is 10.1 Å². The van der Waals surface area contributed by atoms with Crippen LogP contribution in [0.2, 0.25) is 0 Å². The van der Waals surface area contributed by atoms with Gasteiger partial charge in [-0.05, 0) is 12.1 Å². The van der Waals surface area contributed by atoms with E-state index in [1.165, 1.54) is 6.07 Å². The zero-order valence-corrected chi connectivity index (χ0v) is 7.88. The molecule has 0 amide bonds. The van der Waals surface area contributed by atoms with E-state index in [0.29, 0.717) is 5.69 Å². The molecule has 0 fully saturated rings. The van der Waals surface area contributed by atoms with Crippen molar-refractivity contribution in [1.29, 1.82) is 0 Å². The van der Waals surface area contributed by atoms with Crippen molar-refractivity contribution in [2.45, 2.75) is 4.90 Å². The first-order chi connectivity index (χ1) is 6.63. The Hall–Kier alpha value is -1.43. The third-order valence-corrected chi connectivity index (χ3v) is 3.17. The van der Waals surface area contributed by atoms with E-state index in [4.69, 9.17) is 0 Å². The minimum absolute atomic E-state index is 0.0807. The highest BCUT2D eigenvalue weighted by Gasteiger charge is 2.23. The molecule has 0 bridgehead atoms. The van der Waals surface area contributed by atoms with Crippen molar-refractivity contribution in [2.75, 3.05) is 12.0 Å². The first-order valence-electron chi connectivity index (χ1n) is 3.89. The Morgan fingerprint density at radius 1 is 1.36 bits per heavy atom. The molecule has 1 aromatic carbocycles. The van der Waals surface area contributed by atoms with Gasteiger partial charge in [-0.1, -0.05) is 12.1 Å². The number of para-hydroxylation sites is 1. The van der Waals surface area contributed by atoms with Gasteiger partial charge in [0.05, 0.1) is 5.69 Å². The fraction of sp³-hybridized carbons (Fsp3) is 0.125. The van der Waals surface area contributed by atoms with Crippen LogP contribution in [0, 0.1) is 0 Å². The van der Waals surface area contributed by atoms with Gasteiger partial charge in [0, 0.05) is 0 Å². The van der Waals surface area contributed by atoms with Gasteiger partial charge in [-0.25, -0.2) is 4.39 Å². The van der Waals surface area contributed by atoms with Gasteiger partial charge in [0.25, 0.3) is 10.0 Å². The molecule has 2 rings (SSSR count). The number of anilines is 1. The Bertz CT molecular complexity index is 496. The minimum Gasteiger partial charge on any atom is -0.340 e. The Kier molecular flexibility index (Phi) is 1.99. The summed E-state index contributed by atoms with van der Waals surface area (Å²) < 4.78 is 38.4. The predicted octanol–water partition coefficient (Wildman–Crippen LogP) is 1.17. The standard InChI is InChI=1S/C8H7FN2O2S/c9-5-8-10-6-3-1-2-4-7(6)14(12,13)11-8/h1-4H,5H2,(H,10,11). The summed E-state index contributed by atoms with van der Waals surface area (Å²) in [5, 5.41) is 2.60. The van der Waals surface area contributed by atoms with Gasteiger partial charge in [-0.15, -0.1) is 4.40 Å². The average Bonchev–Trinajstić information content (AvgIpc) is 2.17. The molecular formula is C8H7FN2O2S. The van der Waals surface area contributed by atoms with Gasteiger partial charge >= 0.3 is 0 Å². The maximum atomic E-state index is 12.3. The minimum atomic E-state index is -3.72. The van der Waals surface area contributed by atoms with Crippen LogP contribution in [-0.2, 0) is 10.0 Å². The zero-order chi connectivity index (χ0) is 10.2. The van der Waals surface area contributed by atoms with Gasteiger partial charge < -0.3 is 5.32 Å². The topological polar surface area (TPSA) is 58.5 Å². The molecule has 1 aromatic rings. The average molecular weight is 214 g/mol. The molecular weight excluding hydrogens is 207 g/mol. The van der Waals surface area contributed by atoms with E-state index >= 15 is 0 Å². The number of benzene rings is 1. The number of alkyl halides is 1. The molecule has 0 atom stereocenters. The van der Waals surface area contributed by atoms with Gasteiger partial charge in [-0.3, -0.25) is 0 Å². The van der Waals surface area contributed by atoms with Crippen molar-refractivity contribution in [1.82, 2.24) is 0 Å². The summed E-state index contributed by atoms with van der Waals surface area (Å²) in [6.07, 6.45) is 0. The van der Waals surface area contributed by atoms with Crippen molar-refractivity contribution in [3.63, 3.8) is 0 Å². The number of amidine groups is 1. The monoisotopic (exact) mass is 214 g/mol. The second kappa shape index (κ2) is 3.06. The van der Waals surface area contributed by atoms with Crippen molar-refractivity contribution in [3.8, 4) is 0 Å². The lowest BCUT2D eigenvalue weighted by molar-refractivity contribution is 0.576. The van der Waals surface area contributed by atoms with Crippen LogP contribution in [-0.4, -0.2) is 20.9 Å². The number of nitrogens with zero attached hydrogens (tertiary/aromatic N) is 1. The molecule has 74 valence electrons. The Balaban J connectivity index is 2.63. The molecule has 1 N–H and O–H groups in total. The van der Waals surface area contributed by atoms with Crippen molar-refractivity contribution >= 4 is 21.5 Å². The number of halogens is 1. The molecule has 0 aliphatic carbocycles. The summed E-state index contributed by atoms with van der Waals surface area (Å²) >= 11 is 0. The summed E-state index contributed by atoms with van der Waals surface area (Å²) in [6, 6.07) is 6.25. The van der Waals surface area contributed by atoms with Crippen LogP contribution in [0.1, 0.15) is 0 Å². The van der Waals surface area contributed by atoms with Gasteiger partial charge in [0.15, 0.2) is 5.84 Å². The lowest BCUT2D eigenvalue weighted by atomic mass is 10.3. The first-order valence-corrected chi connectivity index (χ1v) is 5.33. The Morgan fingerprint density at radius 2 is 2.07 bits per heavy atom. The molecule has 6 heteroatoms. The number of sulfonamides is 1. The predicted molar refractivity (Wildman–Crippen MR) is 50.7 cm³/mol. The molecule has 1 heterocycles. The normalized spacial score (nSPS) is 17.9. The fourth-order valence-electron chi connectivity index (χ4n) is 1.23. The van der Waals surface area contributed by atoms with E-state index in [0.717, 1.165) is 0 Å². The maximum absolute atomic E-state index is 12.3. The molecule has 14 heavy (non-hydrogen) atoms. The summed E-state index contributed by atoms with van der Waals surface area (Å²) in [7, 11) is -3.72. The van der Waals surface area contributed by atoms with E-state index in [9.17, 15) is 12.8 Å². The summed E-state index contributed by atoms with van der Waals surface area (Å²) in [5.74, 6) is -0.177. The number of fused-ring (bicyclic) bond motifs is 1. The van der Waals surface area contributed by atoms with E-state index in [-0.39, 0.29) is 10.7 Å². The van der Waals surface area contributed by atoms with E-state index in [1.807, 2.05) is 0 Å². The quantitative estimate of drug-likeness (QED) is 0.763. The highest BCUT2D eigenvalue weighted by atomic mass is 32.2. The Morgan fingerprint density at radius 3 is 2.79 bits per heavy atom. The molecule has 0 saturated carbocycles. The van der Waals surface area contributed by atoms with Crippen LogP contribution in [0.15, 0.2) is 33.6 Å². The van der Waals surface area contributed by atoms with Gasteiger partial charge in [0.2, 0.25) is 0 Å². The van der Waals surface area contributed by atoms with Gasteiger partial charge in [0.1, 0.15) is 11.6 Å². The number of rotatable bonds is 1. The molecule has 0 aromatic heterocycles. The van der Waals surface area contributed by atoms with Crippen LogP contribution in [0.5, 0.6) is 0 Å². The maximum Gasteiger partial charge on any atom is 0.286 e. The van der Waals surface area contributed by atoms with Crippen molar-refractivity contribution < 1.29 is 12.8 Å². The number of hydrogen-bond acceptors (Lipinski definition) is 3. The first kappa shape index (κ1) is 9.14. The number of hydrogen-bond donors (Lipinski definition) is 1. The van der Waals surface area contributed by atoms with Crippen molar-refractivity contribution in [2.24, 2.45) is 4.40 Å². The summed E-state index contributed by atoms with van der Waals surface area (Å²) in [6.45, 7) is -0.923. The lowest BCUT2D eigenvalue weighted by Gasteiger charge is -2.15. The zero-order valence-electron chi connectivity index (χ0n) is 7.07. The summed E-state index contributed by atoms with van der Waals surface area (Å²) in [4.78, 5) is 0.0807. The van der Waals surface area contributed by atoms with Crippen LogP contribution >= 0.6 is 0 Å². The van der Waals surface area contributed by atoms with E-state index in [1.54, 1.807) is 18.2 Å². The molecule has 0 radical (unpaired) electrons. The van der Waals surface area contributed by atoms with Crippen molar-refractivity contribution in [3.05, 3.63) is 24.3 Å². The lowest BCUT2D eigenvalue weighted by Crippen LogP contribution is -2.22. The molecule has 0 unspecified atom stereocenters. The highest BCUT2D eigenvalue weighted by molar-refractivity contribution is 7.90. The fourth-order valence-corrected chi connectivity index (χ4v) is 2.36. The largest absolute Gasteiger partial charge is 0.340 e. The van der Waals surface area contributed by atoms with E-state index < -0.39 is 16.7 Å². The third-order valence-electron chi connectivity index (χ3n) is 1.80. The summed E-state index contributed by atoms with van der Waals surface area (Å²) in [5.41, 5.74) is 0.371. The molecule has 4 nitrogen and oxygen atoms in total. The highest BCUT2D eigenvalue weighted by Crippen LogP contribution is 2.26. The molecule has 0 spiro atoms. The Labute approximate surface area is 80.5 Å². The third kappa shape index (κ3) is 1.37. The second-order valence-corrected chi connectivity index (χ2v) is 4.34. The van der Waals surface area contributed by atoms with Crippen LogP contribution in [0.25, 0.3) is 0 Å².